The monoisotopic (exact) mass is 371 g/mol. The summed E-state index contributed by atoms with van der Waals surface area (Å²) in [6, 6.07) is 12.2. The molecular formula is C22H33N3O2. The van der Waals surface area contributed by atoms with Crippen molar-refractivity contribution in [3.8, 4) is 0 Å². The zero-order valence-corrected chi connectivity index (χ0v) is 16.6. The molecule has 2 atom stereocenters. The number of hydrogen-bond donors (Lipinski definition) is 0. The topological polar surface area (TPSA) is 36.0 Å². The van der Waals surface area contributed by atoms with E-state index in [9.17, 15) is 4.79 Å². The van der Waals surface area contributed by atoms with Gasteiger partial charge in [-0.2, -0.15) is 0 Å². The van der Waals surface area contributed by atoms with Gasteiger partial charge in [0.2, 0.25) is 0 Å². The van der Waals surface area contributed by atoms with Crippen molar-refractivity contribution in [3.63, 3.8) is 0 Å². The minimum Gasteiger partial charge on any atom is -0.450 e. The molecule has 148 valence electrons. The molecule has 0 aliphatic carbocycles. The number of fused-ring (bicyclic) bond motifs is 4. The van der Waals surface area contributed by atoms with Crippen LogP contribution in [0.4, 0.5) is 4.79 Å². The number of amides is 1. The van der Waals surface area contributed by atoms with Crippen LogP contribution < -0.4 is 0 Å². The van der Waals surface area contributed by atoms with Gasteiger partial charge in [-0.1, -0.05) is 30.3 Å². The highest BCUT2D eigenvalue weighted by atomic mass is 16.6. The lowest BCUT2D eigenvalue weighted by Gasteiger charge is -2.39. The lowest BCUT2D eigenvalue weighted by Crippen LogP contribution is -2.49. The maximum absolute atomic E-state index is 12.0. The highest BCUT2D eigenvalue weighted by Crippen LogP contribution is 2.32. The van der Waals surface area contributed by atoms with Gasteiger partial charge in [0.15, 0.2) is 0 Å². The fourth-order valence-electron chi connectivity index (χ4n) is 5.15. The first-order valence-corrected chi connectivity index (χ1v) is 10.7. The summed E-state index contributed by atoms with van der Waals surface area (Å²) in [6.45, 7) is 8.74. The van der Waals surface area contributed by atoms with Gasteiger partial charge in [-0.3, -0.25) is 9.80 Å². The smallest absolute Gasteiger partial charge is 0.409 e. The summed E-state index contributed by atoms with van der Waals surface area (Å²) in [5.74, 6) is 0.788. The van der Waals surface area contributed by atoms with Gasteiger partial charge in [-0.15, -0.1) is 0 Å². The molecule has 0 unspecified atom stereocenters. The third-order valence-corrected chi connectivity index (χ3v) is 6.59. The molecule has 1 aromatic carbocycles. The van der Waals surface area contributed by atoms with E-state index in [0.29, 0.717) is 18.7 Å². The van der Waals surface area contributed by atoms with Gasteiger partial charge in [0.05, 0.1) is 6.61 Å². The largest absolute Gasteiger partial charge is 0.450 e. The lowest BCUT2D eigenvalue weighted by molar-refractivity contribution is 0.0710. The Kier molecular flexibility index (Phi) is 5.98. The number of rotatable bonds is 4. The Labute approximate surface area is 163 Å². The number of nitrogens with zero attached hydrogens (tertiary/aromatic N) is 3. The maximum Gasteiger partial charge on any atom is 0.409 e. The third-order valence-electron chi connectivity index (χ3n) is 6.59. The normalized spacial score (nSPS) is 27.5. The second kappa shape index (κ2) is 8.61. The Hall–Kier alpha value is -1.59. The van der Waals surface area contributed by atoms with Gasteiger partial charge < -0.3 is 9.64 Å². The van der Waals surface area contributed by atoms with Crippen molar-refractivity contribution in [2.45, 2.75) is 51.2 Å². The highest BCUT2D eigenvalue weighted by Gasteiger charge is 2.38. The van der Waals surface area contributed by atoms with E-state index in [-0.39, 0.29) is 6.09 Å². The van der Waals surface area contributed by atoms with Crippen molar-refractivity contribution in [1.29, 1.82) is 0 Å². The number of ether oxygens (including phenoxy) is 1. The fraction of sp³-hybridized carbons (Fsp3) is 0.682. The number of carbonyl (C=O) groups excluding carboxylic acids is 1. The number of benzene rings is 1. The van der Waals surface area contributed by atoms with Gasteiger partial charge >= 0.3 is 6.09 Å². The fourth-order valence-corrected chi connectivity index (χ4v) is 5.15. The highest BCUT2D eigenvalue weighted by molar-refractivity contribution is 5.67. The van der Waals surface area contributed by atoms with Crippen LogP contribution in [0.15, 0.2) is 30.3 Å². The number of piperidine rings is 2. The van der Waals surface area contributed by atoms with Crippen LogP contribution in [-0.2, 0) is 11.3 Å². The summed E-state index contributed by atoms with van der Waals surface area (Å²) in [5.41, 5.74) is 1.43. The Balaban J connectivity index is 1.34. The van der Waals surface area contributed by atoms with Crippen molar-refractivity contribution in [1.82, 2.24) is 14.7 Å². The molecular weight excluding hydrogens is 338 g/mol. The van der Waals surface area contributed by atoms with Crippen LogP contribution in [0.3, 0.4) is 0 Å². The summed E-state index contributed by atoms with van der Waals surface area (Å²) >= 11 is 0. The average molecular weight is 372 g/mol. The molecule has 0 aromatic heterocycles. The third kappa shape index (κ3) is 4.46. The van der Waals surface area contributed by atoms with E-state index >= 15 is 0 Å². The van der Waals surface area contributed by atoms with Crippen molar-refractivity contribution < 1.29 is 9.53 Å². The first-order valence-electron chi connectivity index (χ1n) is 10.7. The zero-order valence-electron chi connectivity index (χ0n) is 16.6. The molecule has 1 aromatic rings. The molecule has 2 bridgehead atoms. The number of likely N-dealkylation sites (tertiary alicyclic amines) is 1. The molecule has 0 saturated carbocycles. The predicted octanol–water partition coefficient (Wildman–Crippen LogP) is 3.20. The minimum atomic E-state index is -0.138. The van der Waals surface area contributed by atoms with E-state index in [1.165, 1.54) is 38.0 Å². The van der Waals surface area contributed by atoms with Gasteiger partial charge in [-0.05, 0) is 44.1 Å². The quantitative estimate of drug-likeness (QED) is 0.814. The van der Waals surface area contributed by atoms with Crippen molar-refractivity contribution in [2.75, 3.05) is 39.3 Å². The van der Waals surface area contributed by atoms with Crippen molar-refractivity contribution >= 4 is 6.09 Å². The minimum absolute atomic E-state index is 0.138. The molecule has 4 aliphatic heterocycles. The zero-order chi connectivity index (χ0) is 18.6. The number of hydrogen-bond acceptors (Lipinski definition) is 4. The Morgan fingerprint density at radius 2 is 1.78 bits per heavy atom. The molecule has 5 nitrogen and oxygen atoms in total. The van der Waals surface area contributed by atoms with Gasteiger partial charge in [0.1, 0.15) is 0 Å². The van der Waals surface area contributed by atoms with E-state index in [1.54, 1.807) is 0 Å². The van der Waals surface area contributed by atoms with Crippen molar-refractivity contribution in [2.24, 2.45) is 5.92 Å². The standard InChI is InChI=1S/C22H33N3O2/c1-2-27-22(26)23-12-10-20(11-13-23)25-16-19-8-9-21(17-25)24(15-19)14-18-6-4-3-5-7-18/h3-7,19-21H,2,8-17H2,1H3/t19-,21-/m1/s1. The van der Waals surface area contributed by atoms with E-state index in [4.69, 9.17) is 4.74 Å². The first-order chi connectivity index (χ1) is 13.2. The molecule has 1 amide bonds. The molecule has 4 heterocycles. The molecule has 5 rings (SSSR count). The van der Waals surface area contributed by atoms with Crippen LogP contribution in [0.5, 0.6) is 0 Å². The van der Waals surface area contributed by atoms with E-state index in [0.717, 1.165) is 38.4 Å². The molecule has 4 aliphatic rings. The van der Waals surface area contributed by atoms with Crippen LogP contribution in [-0.4, -0.2) is 72.2 Å². The van der Waals surface area contributed by atoms with E-state index in [1.807, 2.05) is 11.8 Å². The Morgan fingerprint density at radius 1 is 1.00 bits per heavy atom. The second-order valence-corrected chi connectivity index (χ2v) is 8.38. The van der Waals surface area contributed by atoms with Crippen LogP contribution in [0.2, 0.25) is 0 Å². The number of carbonyl (C=O) groups is 1. The SMILES string of the molecule is CCOC(=O)N1CCC(N2C[C@@H]3CC[C@H](C2)N(Cc2ccccc2)C3)CC1. The van der Waals surface area contributed by atoms with Crippen molar-refractivity contribution in [3.05, 3.63) is 35.9 Å². The molecule has 0 spiro atoms. The van der Waals surface area contributed by atoms with Gasteiger partial charge in [0, 0.05) is 51.4 Å². The molecule has 5 heteroatoms. The molecule has 0 N–H and O–H groups in total. The summed E-state index contributed by atoms with van der Waals surface area (Å²) in [4.78, 5) is 19.3. The van der Waals surface area contributed by atoms with Crippen LogP contribution >= 0.6 is 0 Å². The van der Waals surface area contributed by atoms with E-state index in [2.05, 4.69) is 40.1 Å². The summed E-state index contributed by atoms with van der Waals surface area (Å²) in [5, 5.41) is 0. The van der Waals surface area contributed by atoms with Gasteiger partial charge in [0.25, 0.3) is 0 Å². The van der Waals surface area contributed by atoms with Crippen LogP contribution in [0, 0.1) is 5.92 Å². The van der Waals surface area contributed by atoms with Crippen LogP contribution in [0.1, 0.15) is 38.2 Å². The predicted molar refractivity (Wildman–Crippen MR) is 107 cm³/mol. The molecule has 4 saturated heterocycles. The Morgan fingerprint density at radius 3 is 2.52 bits per heavy atom. The average Bonchev–Trinajstić information content (AvgIpc) is 3.01. The van der Waals surface area contributed by atoms with E-state index < -0.39 is 0 Å². The first kappa shape index (κ1) is 18.8. The molecule has 27 heavy (non-hydrogen) atoms. The lowest BCUT2D eigenvalue weighted by atomic mass is 9.94. The second-order valence-electron chi connectivity index (χ2n) is 8.38. The molecule has 4 fully saturated rings. The summed E-state index contributed by atoms with van der Waals surface area (Å²) < 4.78 is 5.16. The van der Waals surface area contributed by atoms with Gasteiger partial charge in [-0.25, -0.2) is 4.79 Å². The molecule has 0 radical (unpaired) electrons. The van der Waals surface area contributed by atoms with Crippen LogP contribution in [0.25, 0.3) is 0 Å². The summed E-state index contributed by atoms with van der Waals surface area (Å²) in [7, 11) is 0. The summed E-state index contributed by atoms with van der Waals surface area (Å²) in [6.07, 6.45) is 4.72. The Bertz CT molecular complexity index is 615. The maximum atomic E-state index is 12.0.